The van der Waals surface area contributed by atoms with Crippen LogP contribution in [-0.2, 0) is 26.3 Å². The van der Waals surface area contributed by atoms with Crippen molar-refractivity contribution in [3.05, 3.63) is 16.0 Å². The summed E-state index contributed by atoms with van der Waals surface area (Å²) in [6.45, 7) is 8.96. The lowest BCUT2D eigenvalue weighted by Crippen LogP contribution is -2.42. The Morgan fingerprint density at radius 1 is 1.29 bits per heavy atom. The zero-order chi connectivity index (χ0) is 17.7. The van der Waals surface area contributed by atoms with Gasteiger partial charge >= 0.3 is 0 Å². The van der Waals surface area contributed by atoms with Crippen molar-refractivity contribution in [1.29, 1.82) is 0 Å². The molecule has 2 amide bonds. The molecule has 0 aliphatic carbocycles. The highest BCUT2D eigenvalue weighted by molar-refractivity contribution is 7.17. The number of carbonyl (C=O) groups excluding carboxylic acids is 2. The third-order valence-corrected chi connectivity index (χ3v) is 5.92. The van der Waals surface area contributed by atoms with Crippen LogP contribution >= 0.6 is 11.3 Å². The Morgan fingerprint density at radius 3 is 2.58 bits per heavy atom. The second kappa shape index (κ2) is 5.82. The smallest absolute Gasteiger partial charge is 0.251 e. The van der Waals surface area contributed by atoms with Crippen molar-refractivity contribution < 1.29 is 19.1 Å². The molecule has 1 fully saturated rings. The van der Waals surface area contributed by atoms with Gasteiger partial charge in [0, 0.05) is 17.9 Å². The van der Waals surface area contributed by atoms with Crippen LogP contribution in [0.1, 0.15) is 54.9 Å². The monoisotopic (exact) mass is 352 g/mol. The maximum absolute atomic E-state index is 12.4. The normalized spacial score (nSPS) is 24.4. The Labute approximate surface area is 145 Å². The topological polar surface area (TPSA) is 90.6 Å². The summed E-state index contributed by atoms with van der Waals surface area (Å²) in [4.78, 5) is 25.5. The summed E-state index contributed by atoms with van der Waals surface area (Å²) in [7, 11) is 0. The second-order valence-corrected chi connectivity index (χ2v) is 8.60. The highest BCUT2D eigenvalue weighted by atomic mass is 32.1. The highest BCUT2D eigenvalue weighted by Crippen LogP contribution is 2.48. The molecule has 132 valence electrons. The zero-order valence-corrected chi connectivity index (χ0v) is 15.3. The molecule has 3 heterocycles. The number of rotatable bonds is 3. The Morgan fingerprint density at radius 2 is 2.00 bits per heavy atom. The summed E-state index contributed by atoms with van der Waals surface area (Å²) >= 11 is 1.39. The van der Waals surface area contributed by atoms with Crippen molar-refractivity contribution in [2.24, 2.45) is 11.7 Å². The van der Waals surface area contributed by atoms with Gasteiger partial charge in [-0.3, -0.25) is 9.59 Å². The van der Waals surface area contributed by atoms with Crippen LogP contribution in [0.25, 0.3) is 0 Å². The van der Waals surface area contributed by atoms with E-state index in [9.17, 15) is 9.59 Å². The van der Waals surface area contributed by atoms with Crippen LogP contribution in [0.3, 0.4) is 0 Å². The molecule has 0 bridgehead atoms. The maximum Gasteiger partial charge on any atom is 0.251 e. The molecule has 3 N–H and O–H groups in total. The molecule has 1 aromatic heterocycles. The number of fused-ring (bicyclic) bond motifs is 1. The van der Waals surface area contributed by atoms with Gasteiger partial charge in [-0.05, 0) is 39.7 Å². The molecule has 1 aromatic rings. The van der Waals surface area contributed by atoms with Gasteiger partial charge in [-0.2, -0.15) is 0 Å². The molecule has 1 atom stereocenters. The van der Waals surface area contributed by atoms with Crippen molar-refractivity contribution in [1.82, 2.24) is 0 Å². The summed E-state index contributed by atoms with van der Waals surface area (Å²) in [5, 5.41) is 3.43. The minimum absolute atomic E-state index is 0.119. The average Bonchev–Trinajstić information content (AvgIpc) is 3.03. The third kappa shape index (κ3) is 3.08. The fourth-order valence-corrected chi connectivity index (χ4v) is 4.89. The number of hydrogen-bond acceptors (Lipinski definition) is 5. The molecule has 0 spiro atoms. The SMILES string of the molecule is CC1(C)Cc2c(sc(NC(=O)C3CCOC3)c2C(N)=O)C(C)(C)O1. The van der Waals surface area contributed by atoms with Gasteiger partial charge in [-0.1, -0.05) is 0 Å². The molecule has 0 aromatic carbocycles. The zero-order valence-electron chi connectivity index (χ0n) is 14.5. The van der Waals surface area contributed by atoms with E-state index >= 15 is 0 Å². The van der Waals surface area contributed by atoms with Crippen LogP contribution in [0.5, 0.6) is 0 Å². The predicted octanol–water partition coefficient (Wildman–Crippen LogP) is 2.41. The van der Waals surface area contributed by atoms with E-state index in [0.717, 1.165) is 10.4 Å². The molecule has 24 heavy (non-hydrogen) atoms. The number of thiophene rings is 1. The van der Waals surface area contributed by atoms with Crippen LogP contribution in [0.4, 0.5) is 5.00 Å². The first-order valence-electron chi connectivity index (χ1n) is 8.15. The van der Waals surface area contributed by atoms with Gasteiger partial charge in [-0.15, -0.1) is 11.3 Å². The number of hydrogen-bond donors (Lipinski definition) is 2. The van der Waals surface area contributed by atoms with Gasteiger partial charge in [0.05, 0.1) is 29.3 Å². The number of amides is 2. The molecule has 2 aliphatic rings. The molecule has 1 saturated heterocycles. The average molecular weight is 352 g/mol. The molecule has 3 rings (SSSR count). The van der Waals surface area contributed by atoms with Crippen LogP contribution in [0.2, 0.25) is 0 Å². The van der Waals surface area contributed by atoms with Crippen molar-refractivity contribution in [3.63, 3.8) is 0 Å². The first kappa shape index (κ1) is 17.4. The number of primary amides is 1. The van der Waals surface area contributed by atoms with Crippen LogP contribution in [0.15, 0.2) is 0 Å². The molecule has 7 heteroatoms. The Hall–Kier alpha value is -1.44. The Balaban J connectivity index is 2.00. The van der Waals surface area contributed by atoms with E-state index < -0.39 is 17.1 Å². The van der Waals surface area contributed by atoms with Crippen LogP contribution < -0.4 is 11.1 Å². The molecule has 0 saturated carbocycles. The third-order valence-electron chi connectivity index (χ3n) is 4.47. The molecule has 6 nitrogen and oxygen atoms in total. The van der Waals surface area contributed by atoms with E-state index in [1.807, 2.05) is 27.7 Å². The van der Waals surface area contributed by atoms with Gasteiger partial charge < -0.3 is 20.5 Å². The fourth-order valence-electron chi connectivity index (χ4n) is 3.62. The fraction of sp³-hybridized carbons (Fsp3) is 0.647. The number of ether oxygens (including phenoxy) is 2. The molecule has 1 unspecified atom stereocenters. The van der Waals surface area contributed by atoms with E-state index in [-0.39, 0.29) is 11.8 Å². The summed E-state index contributed by atoms with van der Waals surface area (Å²) in [5.74, 6) is -0.809. The summed E-state index contributed by atoms with van der Waals surface area (Å²) in [5.41, 5.74) is 6.02. The quantitative estimate of drug-likeness (QED) is 0.874. The molecule has 2 aliphatic heterocycles. The number of carbonyl (C=O) groups is 2. The van der Waals surface area contributed by atoms with E-state index in [0.29, 0.717) is 36.6 Å². The maximum atomic E-state index is 12.4. The van der Waals surface area contributed by atoms with Gasteiger partial charge in [0.15, 0.2) is 0 Å². The lowest BCUT2D eigenvalue weighted by molar-refractivity contribution is -0.135. The van der Waals surface area contributed by atoms with Gasteiger partial charge in [0.25, 0.3) is 5.91 Å². The molecular weight excluding hydrogens is 328 g/mol. The van der Waals surface area contributed by atoms with Crippen LogP contribution in [0, 0.1) is 5.92 Å². The van der Waals surface area contributed by atoms with Gasteiger partial charge in [-0.25, -0.2) is 0 Å². The van der Waals surface area contributed by atoms with Crippen LogP contribution in [-0.4, -0.2) is 30.6 Å². The number of anilines is 1. The summed E-state index contributed by atoms with van der Waals surface area (Å²) in [6, 6.07) is 0. The van der Waals surface area contributed by atoms with E-state index in [4.69, 9.17) is 15.2 Å². The minimum atomic E-state index is -0.536. The molecule has 0 radical (unpaired) electrons. The van der Waals surface area contributed by atoms with Crippen molar-refractivity contribution in [3.8, 4) is 0 Å². The van der Waals surface area contributed by atoms with Gasteiger partial charge in [0.1, 0.15) is 5.00 Å². The van der Waals surface area contributed by atoms with Crippen molar-refractivity contribution in [2.75, 3.05) is 18.5 Å². The Kier molecular flexibility index (Phi) is 4.22. The number of nitrogens with one attached hydrogen (secondary N) is 1. The number of nitrogens with two attached hydrogens (primary N) is 1. The van der Waals surface area contributed by atoms with Crippen molar-refractivity contribution in [2.45, 2.75) is 51.7 Å². The second-order valence-electron chi connectivity index (χ2n) is 7.58. The van der Waals surface area contributed by atoms with E-state index in [1.54, 1.807) is 0 Å². The predicted molar refractivity (Wildman–Crippen MR) is 92.3 cm³/mol. The van der Waals surface area contributed by atoms with E-state index in [2.05, 4.69) is 5.32 Å². The standard InChI is InChI=1S/C17H24N2O4S/c1-16(2)7-10-11(13(18)20)15(24-12(10)17(3,4)23-16)19-14(21)9-5-6-22-8-9/h9H,5-8H2,1-4H3,(H2,18,20)(H,19,21). The Bertz CT molecular complexity index is 687. The van der Waals surface area contributed by atoms with E-state index in [1.165, 1.54) is 11.3 Å². The minimum Gasteiger partial charge on any atom is -0.381 e. The van der Waals surface area contributed by atoms with Crippen molar-refractivity contribution >= 4 is 28.2 Å². The first-order chi connectivity index (χ1) is 11.1. The first-order valence-corrected chi connectivity index (χ1v) is 8.97. The lowest BCUT2D eigenvalue weighted by atomic mass is 9.86. The highest BCUT2D eigenvalue weighted by Gasteiger charge is 2.43. The summed E-state index contributed by atoms with van der Waals surface area (Å²) in [6.07, 6.45) is 1.29. The lowest BCUT2D eigenvalue weighted by Gasteiger charge is -2.41. The summed E-state index contributed by atoms with van der Waals surface area (Å²) < 4.78 is 11.4. The van der Waals surface area contributed by atoms with Gasteiger partial charge in [0.2, 0.25) is 5.91 Å². The largest absolute Gasteiger partial charge is 0.381 e. The molecular formula is C17H24N2O4S.